The van der Waals surface area contributed by atoms with Gasteiger partial charge in [0.1, 0.15) is 0 Å². The number of ketones is 1. The highest BCUT2D eigenvalue weighted by Crippen LogP contribution is 2.38. The van der Waals surface area contributed by atoms with Gasteiger partial charge in [0.2, 0.25) is 0 Å². The lowest BCUT2D eigenvalue weighted by Gasteiger charge is -2.20. The van der Waals surface area contributed by atoms with Crippen LogP contribution < -0.4 is 0 Å². The Kier molecular flexibility index (Phi) is 4.83. The van der Waals surface area contributed by atoms with Gasteiger partial charge < -0.3 is 0 Å². The van der Waals surface area contributed by atoms with E-state index in [2.05, 4.69) is 15.9 Å². The van der Waals surface area contributed by atoms with E-state index < -0.39 is 24.3 Å². The summed E-state index contributed by atoms with van der Waals surface area (Å²) in [6.07, 6.45) is -5.06. The Labute approximate surface area is 128 Å². The van der Waals surface area contributed by atoms with Gasteiger partial charge in [0, 0.05) is 16.5 Å². The van der Waals surface area contributed by atoms with E-state index in [1.807, 2.05) is 0 Å². The second-order valence-corrected chi connectivity index (χ2v) is 5.56. The molecule has 0 aromatic heterocycles. The maximum absolute atomic E-state index is 13.2. The monoisotopic (exact) mass is 356 g/mol. The smallest absolute Gasteiger partial charge is 0.294 e. The fourth-order valence-corrected chi connectivity index (χ4v) is 2.49. The lowest BCUT2D eigenvalue weighted by atomic mass is 9.91. The maximum atomic E-state index is 13.2. The van der Waals surface area contributed by atoms with Crippen LogP contribution >= 0.6 is 15.9 Å². The Hall–Kier alpha value is -1.62. The molecule has 2 rings (SSSR count). The first-order valence-electron chi connectivity index (χ1n) is 6.28. The molecule has 0 spiro atoms. The fraction of sp³-hybridized carbons (Fsp3) is 0.188. The lowest BCUT2D eigenvalue weighted by Crippen LogP contribution is -2.23. The van der Waals surface area contributed by atoms with Crippen LogP contribution in [-0.2, 0) is 0 Å². The van der Waals surface area contributed by atoms with Gasteiger partial charge in [0.05, 0.1) is 5.92 Å². The first-order valence-corrected chi connectivity index (χ1v) is 7.07. The van der Waals surface area contributed by atoms with Crippen molar-refractivity contribution in [1.29, 1.82) is 0 Å². The molecule has 0 saturated carbocycles. The minimum absolute atomic E-state index is 0.0844. The Morgan fingerprint density at radius 3 is 2.29 bits per heavy atom. The van der Waals surface area contributed by atoms with Crippen LogP contribution in [-0.4, -0.2) is 12.0 Å². The van der Waals surface area contributed by atoms with E-state index in [1.54, 1.807) is 24.3 Å². The summed E-state index contributed by atoms with van der Waals surface area (Å²) in [6, 6.07) is 14.0. The molecule has 0 N–H and O–H groups in total. The highest BCUT2D eigenvalue weighted by atomic mass is 79.9. The predicted octanol–water partition coefficient (Wildman–Crippen LogP) is 5.37. The molecule has 0 aliphatic heterocycles. The standard InChI is InChI=1S/C16H12BrF3O/c17-13-8-4-7-12(9-13)14(16(18,19)20)10-15(21)11-5-2-1-3-6-11/h1-9,14H,10H2/t14-/m1/s1. The summed E-state index contributed by atoms with van der Waals surface area (Å²) < 4.78 is 40.3. The van der Waals surface area contributed by atoms with Gasteiger partial charge in [-0.25, -0.2) is 0 Å². The number of hydrogen-bond acceptors (Lipinski definition) is 1. The van der Waals surface area contributed by atoms with Crippen molar-refractivity contribution < 1.29 is 18.0 Å². The van der Waals surface area contributed by atoms with Crippen LogP contribution in [0.4, 0.5) is 13.2 Å². The van der Waals surface area contributed by atoms with Crippen LogP contribution in [0.3, 0.4) is 0 Å². The molecule has 2 aromatic carbocycles. The van der Waals surface area contributed by atoms with E-state index >= 15 is 0 Å². The number of rotatable bonds is 4. The summed E-state index contributed by atoms with van der Waals surface area (Å²) in [4.78, 5) is 12.0. The van der Waals surface area contributed by atoms with Crippen molar-refractivity contribution in [1.82, 2.24) is 0 Å². The normalized spacial score (nSPS) is 13.0. The molecule has 5 heteroatoms. The van der Waals surface area contributed by atoms with Gasteiger partial charge in [-0.05, 0) is 17.7 Å². The lowest BCUT2D eigenvalue weighted by molar-refractivity contribution is -0.149. The van der Waals surface area contributed by atoms with Crippen LogP contribution in [0.2, 0.25) is 0 Å². The molecule has 0 unspecified atom stereocenters. The minimum Gasteiger partial charge on any atom is -0.294 e. The second-order valence-electron chi connectivity index (χ2n) is 4.64. The quantitative estimate of drug-likeness (QED) is 0.673. The van der Waals surface area contributed by atoms with E-state index in [9.17, 15) is 18.0 Å². The first kappa shape index (κ1) is 15.8. The zero-order valence-electron chi connectivity index (χ0n) is 10.9. The van der Waals surface area contributed by atoms with E-state index in [0.29, 0.717) is 10.0 Å². The molecule has 1 nitrogen and oxygen atoms in total. The molecule has 1 atom stereocenters. The molecule has 110 valence electrons. The van der Waals surface area contributed by atoms with E-state index in [4.69, 9.17) is 0 Å². The van der Waals surface area contributed by atoms with Gasteiger partial charge in [-0.15, -0.1) is 0 Å². The van der Waals surface area contributed by atoms with Crippen molar-refractivity contribution in [3.05, 3.63) is 70.2 Å². The number of halogens is 4. The van der Waals surface area contributed by atoms with Crippen LogP contribution in [0.5, 0.6) is 0 Å². The van der Waals surface area contributed by atoms with Crippen LogP contribution in [0.1, 0.15) is 28.3 Å². The summed E-state index contributed by atoms with van der Waals surface area (Å²) in [5.74, 6) is -2.32. The molecule has 0 saturated heterocycles. The van der Waals surface area contributed by atoms with Crippen LogP contribution in [0, 0.1) is 0 Å². The zero-order valence-corrected chi connectivity index (χ0v) is 12.5. The molecule has 0 aliphatic rings. The summed E-state index contributed by atoms with van der Waals surface area (Å²) in [5, 5.41) is 0. The molecule has 2 aromatic rings. The molecule has 0 fully saturated rings. The van der Waals surface area contributed by atoms with Gasteiger partial charge in [-0.2, -0.15) is 13.2 Å². The van der Waals surface area contributed by atoms with Crippen molar-refractivity contribution in [2.24, 2.45) is 0 Å². The molecule has 0 heterocycles. The van der Waals surface area contributed by atoms with E-state index in [0.717, 1.165) is 0 Å². The van der Waals surface area contributed by atoms with Crippen molar-refractivity contribution >= 4 is 21.7 Å². The molecule has 0 radical (unpaired) electrons. The predicted molar refractivity (Wildman–Crippen MR) is 78.3 cm³/mol. The summed E-state index contributed by atoms with van der Waals surface area (Å²) in [6.45, 7) is 0. The number of Topliss-reactive ketones (excluding diaryl/α,β-unsaturated/α-hetero) is 1. The van der Waals surface area contributed by atoms with E-state index in [1.165, 1.54) is 30.3 Å². The molecule has 0 amide bonds. The molecule has 0 bridgehead atoms. The first-order chi connectivity index (χ1) is 9.88. The van der Waals surface area contributed by atoms with Gasteiger partial charge in [0.25, 0.3) is 0 Å². The third kappa shape index (κ3) is 4.17. The Morgan fingerprint density at radius 2 is 1.71 bits per heavy atom. The highest BCUT2D eigenvalue weighted by molar-refractivity contribution is 9.10. The molecule has 21 heavy (non-hydrogen) atoms. The fourth-order valence-electron chi connectivity index (χ4n) is 2.07. The average molecular weight is 357 g/mol. The average Bonchev–Trinajstić information content (AvgIpc) is 2.44. The number of hydrogen-bond donors (Lipinski definition) is 0. The highest BCUT2D eigenvalue weighted by Gasteiger charge is 2.41. The van der Waals surface area contributed by atoms with Gasteiger partial charge in [-0.3, -0.25) is 4.79 Å². The van der Waals surface area contributed by atoms with E-state index in [-0.39, 0.29) is 5.56 Å². The largest absolute Gasteiger partial charge is 0.396 e. The third-order valence-corrected chi connectivity index (χ3v) is 3.62. The second kappa shape index (κ2) is 6.43. The number of carbonyl (C=O) groups excluding carboxylic acids is 1. The van der Waals surface area contributed by atoms with Crippen molar-refractivity contribution in [2.45, 2.75) is 18.5 Å². The number of alkyl halides is 3. The molecular weight excluding hydrogens is 345 g/mol. The van der Waals surface area contributed by atoms with Crippen molar-refractivity contribution in [3.8, 4) is 0 Å². The SMILES string of the molecule is O=C(C[C@H](c1cccc(Br)c1)C(F)(F)F)c1ccccc1. The van der Waals surface area contributed by atoms with Gasteiger partial charge in [0.15, 0.2) is 5.78 Å². The van der Waals surface area contributed by atoms with Crippen LogP contribution in [0.25, 0.3) is 0 Å². The summed E-state index contributed by atoms with van der Waals surface area (Å²) >= 11 is 3.16. The van der Waals surface area contributed by atoms with Crippen molar-refractivity contribution in [3.63, 3.8) is 0 Å². The summed E-state index contributed by atoms with van der Waals surface area (Å²) in [5.41, 5.74) is 0.378. The maximum Gasteiger partial charge on any atom is 0.396 e. The Morgan fingerprint density at radius 1 is 1.05 bits per heavy atom. The zero-order chi connectivity index (χ0) is 15.5. The van der Waals surface area contributed by atoms with Gasteiger partial charge in [-0.1, -0.05) is 58.4 Å². The number of carbonyl (C=O) groups is 1. The number of benzene rings is 2. The minimum atomic E-state index is -4.47. The molecule has 0 aliphatic carbocycles. The summed E-state index contributed by atoms with van der Waals surface area (Å²) in [7, 11) is 0. The third-order valence-electron chi connectivity index (χ3n) is 3.13. The van der Waals surface area contributed by atoms with Crippen LogP contribution in [0.15, 0.2) is 59.1 Å². The Balaban J connectivity index is 2.28. The van der Waals surface area contributed by atoms with Gasteiger partial charge >= 0.3 is 6.18 Å². The van der Waals surface area contributed by atoms with Crippen molar-refractivity contribution in [2.75, 3.05) is 0 Å². The topological polar surface area (TPSA) is 17.1 Å². The Bertz CT molecular complexity index is 623. The molecular formula is C16H12BrF3O.